The predicted molar refractivity (Wildman–Crippen MR) is 38.3 cm³/mol. The lowest BCUT2D eigenvalue weighted by Gasteiger charge is -1.96. The fraction of sp³-hybridized carbons (Fsp3) is 0.333. The van der Waals surface area contributed by atoms with Crippen LogP contribution in [0.2, 0.25) is 0 Å². The Bertz CT molecular complexity index is 220. The summed E-state index contributed by atoms with van der Waals surface area (Å²) in [5.41, 5.74) is 0.999. The number of nitrogens with one attached hydrogen (secondary N) is 2. The van der Waals surface area contributed by atoms with E-state index in [1.165, 1.54) is 0 Å². The molecule has 1 amide bonds. The third-order valence-electron chi connectivity index (χ3n) is 1.24. The van der Waals surface area contributed by atoms with Crippen LogP contribution in [-0.4, -0.2) is 27.9 Å². The van der Waals surface area contributed by atoms with Crippen molar-refractivity contribution < 1.29 is 9.90 Å². The van der Waals surface area contributed by atoms with Crippen LogP contribution < -0.4 is 5.32 Å². The molecule has 0 aliphatic rings. The molecule has 5 heteroatoms. The second-order valence-electron chi connectivity index (χ2n) is 2.09. The first-order valence-electron chi connectivity index (χ1n) is 3.23. The maximum Gasteiger partial charge on any atom is 0.404 e. The minimum Gasteiger partial charge on any atom is -0.465 e. The molecule has 0 aromatic carbocycles. The lowest BCUT2D eigenvalue weighted by Crippen LogP contribution is -2.23. The van der Waals surface area contributed by atoms with E-state index in [4.69, 9.17) is 5.11 Å². The molecule has 1 heterocycles. The molecule has 1 aromatic heterocycles. The van der Waals surface area contributed by atoms with Gasteiger partial charge in [0.1, 0.15) is 0 Å². The van der Waals surface area contributed by atoms with Crippen molar-refractivity contribution >= 4 is 6.09 Å². The number of nitrogens with zero attached hydrogens (tertiary/aromatic N) is 1. The molecule has 0 aliphatic carbocycles. The van der Waals surface area contributed by atoms with Crippen molar-refractivity contribution in [1.82, 2.24) is 15.5 Å². The van der Waals surface area contributed by atoms with Gasteiger partial charge in [-0.3, -0.25) is 5.10 Å². The van der Waals surface area contributed by atoms with Gasteiger partial charge in [0.05, 0.1) is 6.20 Å². The third kappa shape index (κ3) is 2.70. The molecule has 0 saturated carbocycles. The summed E-state index contributed by atoms with van der Waals surface area (Å²) in [6, 6.07) is 0. The largest absolute Gasteiger partial charge is 0.465 e. The summed E-state index contributed by atoms with van der Waals surface area (Å²) in [7, 11) is 0. The highest BCUT2D eigenvalue weighted by molar-refractivity contribution is 5.64. The molecule has 60 valence electrons. The highest BCUT2D eigenvalue weighted by Gasteiger charge is 1.95. The fourth-order valence-electron chi connectivity index (χ4n) is 0.728. The normalized spacial score (nSPS) is 9.45. The summed E-state index contributed by atoms with van der Waals surface area (Å²) in [4.78, 5) is 9.99. The van der Waals surface area contributed by atoms with Gasteiger partial charge in [-0.25, -0.2) is 4.79 Å². The maximum absolute atomic E-state index is 9.99. The van der Waals surface area contributed by atoms with Gasteiger partial charge in [-0.05, 0) is 12.0 Å². The molecule has 5 nitrogen and oxygen atoms in total. The van der Waals surface area contributed by atoms with E-state index < -0.39 is 6.09 Å². The van der Waals surface area contributed by atoms with Gasteiger partial charge in [0.15, 0.2) is 0 Å². The average Bonchev–Trinajstić information content (AvgIpc) is 2.39. The fourth-order valence-corrected chi connectivity index (χ4v) is 0.728. The van der Waals surface area contributed by atoms with Gasteiger partial charge in [0, 0.05) is 12.7 Å². The molecule has 1 rings (SSSR count). The van der Waals surface area contributed by atoms with Crippen LogP contribution in [0.3, 0.4) is 0 Å². The lowest BCUT2D eigenvalue weighted by atomic mass is 10.2. The van der Waals surface area contributed by atoms with Gasteiger partial charge in [-0.2, -0.15) is 5.10 Å². The molecule has 0 aliphatic heterocycles. The van der Waals surface area contributed by atoms with Gasteiger partial charge in [0.2, 0.25) is 0 Å². The topological polar surface area (TPSA) is 78.0 Å². The molecule has 0 saturated heterocycles. The van der Waals surface area contributed by atoms with E-state index in [2.05, 4.69) is 15.5 Å². The summed E-state index contributed by atoms with van der Waals surface area (Å²) in [6.45, 7) is 0.425. The highest BCUT2D eigenvalue weighted by atomic mass is 16.4. The number of aromatic nitrogens is 2. The van der Waals surface area contributed by atoms with Crippen LogP contribution in [0.1, 0.15) is 5.56 Å². The Morgan fingerprint density at radius 3 is 3.18 bits per heavy atom. The molecular weight excluding hydrogens is 146 g/mol. The minimum absolute atomic E-state index is 0.425. The third-order valence-corrected chi connectivity index (χ3v) is 1.24. The van der Waals surface area contributed by atoms with Crippen LogP contribution in [0.15, 0.2) is 12.4 Å². The Morgan fingerprint density at radius 1 is 1.82 bits per heavy atom. The minimum atomic E-state index is -0.992. The first kappa shape index (κ1) is 7.59. The summed E-state index contributed by atoms with van der Waals surface area (Å²) in [5.74, 6) is 0. The summed E-state index contributed by atoms with van der Waals surface area (Å²) in [6.07, 6.45) is 3.09. The summed E-state index contributed by atoms with van der Waals surface area (Å²) in [5, 5.41) is 16.8. The molecule has 0 radical (unpaired) electrons. The van der Waals surface area contributed by atoms with E-state index in [1.807, 2.05) is 0 Å². The van der Waals surface area contributed by atoms with E-state index in [9.17, 15) is 4.79 Å². The number of carboxylic acid groups (broad SMARTS) is 1. The first-order valence-corrected chi connectivity index (χ1v) is 3.23. The average molecular weight is 155 g/mol. The van der Waals surface area contributed by atoms with E-state index in [0.717, 1.165) is 5.56 Å². The van der Waals surface area contributed by atoms with Crippen molar-refractivity contribution in [2.24, 2.45) is 0 Å². The molecular formula is C6H9N3O2. The molecule has 1 aromatic rings. The Labute approximate surface area is 63.4 Å². The van der Waals surface area contributed by atoms with Crippen molar-refractivity contribution in [1.29, 1.82) is 0 Å². The zero-order valence-electron chi connectivity index (χ0n) is 5.87. The van der Waals surface area contributed by atoms with Crippen molar-refractivity contribution in [3.05, 3.63) is 18.0 Å². The van der Waals surface area contributed by atoms with E-state index >= 15 is 0 Å². The van der Waals surface area contributed by atoms with Crippen molar-refractivity contribution in [2.45, 2.75) is 6.42 Å². The number of amides is 1. The van der Waals surface area contributed by atoms with Crippen molar-refractivity contribution in [3.63, 3.8) is 0 Å². The van der Waals surface area contributed by atoms with Crippen molar-refractivity contribution in [3.8, 4) is 0 Å². The molecule has 0 bridgehead atoms. The molecule has 0 fully saturated rings. The Balaban J connectivity index is 2.19. The summed E-state index contributed by atoms with van der Waals surface area (Å²) >= 11 is 0. The van der Waals surface area contributed by atoms with Crippen LogP contribution in [0.25, 0.3) is 0 Å². The van der Waals surface area contributed by atoms with Crippen molar-refractivity contribution in [2.75, 3.05) is 6.54 Å². The van der Waals surface area contributed by atoms with Gasteiger partial charge < -0.3 is 10.4 Å². The smallest absolute Gasteiger partial charge is 0.404 e. The quantitative estimate of drug-likeness (QED) is 0.584. The molecule has 11 heavy (non-hydrogen) atoms. The Hall–Kier alpha value is -1.52. The zero-order valence-corrected chi connectivity index (χ0v) is 5.87. The highest BCUT2D eigenvalue weighted by Crippen LogP contribution is 1.92. The second kappa shape index (κ2) is 3.60. The zero-order chi connectivity index (χ0) is 8.10. The van der Waals surface area contributed by atoms with E-state index in [1.54, 1.807) is 12.4 Å². The van der Waals surface area contributed by atoms with Gasteiger partial charge in [-0.1, -0.05) is 0 Å². The number of aromatic amines is 1. The first-order chi connectivity index (χ1) is 5.29. The van der Waals surface area contributed by atoms with Crippen LogP contribution in [0.4, 0.5) is 4.79 Å². The van der Waals surface area contributed by atoms with E-state index in [0.29, 0.717) is 13.0 Å². The number of rotatable bonds is 3. The van der Waals surface area contributed by atoms with Gasteiger partial charge >= 0.3 is 6.09 Å². The standard InChI is InChI=1S/C6H9N3O2/c10-6(11)7-2-1-5-3-8-9-4-5/h3-4,7H,1-2H2,(H,8,9)(H,10,11). The second-order valence-corrected chi connectivity index (χ2v) is 2.09. The molecule has 0 unspecified atom stereocenters. The van der Waals surface area contributed by atoms with Crippen LogP contribution in [-0.2, 0) is 6.42 Å². The Kier molecular flexibility index (Phi) is 2.48. The molecule has 0 atom stereocenters. The maximum atomic E-state index is 9.99. The van der Waals surface area contributed by atoms with Crippen LogP contribution >= 0.6 is 0 Å². The monoisotopic (exact) mass is 155 g/mol. The predicted octanol–water partition coefficient (Wildman–Crippen LogP) is 0.220. The van der Waals surface area contributed by atoms with Crippen LogP contribution in [0, 0.1) is 0 Å². The molecule has 0 spiro atoms. The van der Waals surface area contributed by atoms with E-state index in [-0.39, 0.29) is 0 Å². The number of carbonyl (C=O) groups is 1. The number of hydrogen-bond donors (Lipinski definition) is 3. The summed E-state index contributed by atoms with van der Waals surface area (Å²) < 4.78 is 0. The van der Waals surface area contributed by atoms with Gasteiger partial charge in [0.25, 0.3) is 0 Å². The number of H-pyrrole nitrogens is 1. The lowest BCUT2D eigenvalue weighted by molar-refractivity contribution is 0.194. The SMILES string of the molecule is O=C(O)NCCc1cn[nH]c1. The Morgan fingerprint density at radius 2 is 2.64 bits per heavy atom. The molecule has 3 N–H and O–H groups in total. The van der Waals surface area contributed by atoms with Gasteiger partial charge in [-0.15, -0.1) is 0 Å². The van der Waals surface area contributed by atoms with Crippen LogP contribution in [0.5, 0.6) is 0 Å². The number of hydrogen-bond acceptors (Lipinski definition) is 2.